The van der Waals surface area contributed by atoms with Crippen LogP contribution in [0.2, 0.25) is 0 Å². The monoisotopic (exact) mass is 899 g/mol. The molecule has 3 aliphatic heterocycles. The Balaban J connectivity index is 0.00000627. The quantitative estimate of drug-likeness (QED) is 0.105. The largest absolute Gasteiger partial charge is 1.00 e. The molecule has 2 aromatic rings. The van der Waals surface area contributed by atoms with Gasteiger partial charge < -0.3 is 33.7 Å². The molecule has 1 saturated heterocycles. The van der Waals surface area contributed by atoms with Crippen molar-refractivity contribution in [2.45, 2.75) is 81.4 Å². The molecule has 286 valence electrons. The zero-order chi connectivity index (χ0) is 38.4. The van der Waals surface area contributed by atoms with Gasteiger partial charge in [0.05, 0.1) is 21.6 Å². The fourth-order valence-corrected chi connectivity index (χ4v) is 8.69. The molecule has 17 heteroatoms. The summed E-state index contributed by atoms with van der Waals surface area (Å²) in [5.41, 5.74) is 3.48. The lowest BCUT2D eigenvalue weighted by atomic mass is 9.81. The Morgan fingerprint density at radius 1 is 0.925 bits per heavy atom. The third-order valence-corrected chi connectivity index (χ3v) is 12.3. The lowest BCUT2D eigenvalue weighted by Gasteiger charge is -2.26. The van der Waals surface area contributed by atoms with Gasteiger partial charge in [-0.2, -0.15) is 21.4 Å². The van der Waals surface area contributed by atoms with Gasteiger partial charge in [0.25, 0.3) is 32.1 Å². The molecule has 0 aliphatic carbocycles. The summed E-state index contributed by atoms with van der Waals surface area (Å²) in [6, 6.07) is 9.06. The van der Waals surface area contributed by atoms with Gasteiger partial charge in [-0.05, 0) is 81.8 Å². The van der Waals surface area contributed by atoms with Gasteiger partial charge in [-0.25, -0.2) is 4.79 Å². The predicted octanol–water partition coefficient (Wildman–Crippen LogP) is 2.45. The first-order valence-corrected chi connectivity index (χ1v) is 20.5. The van der Waals surface area contributed by atoms with Crippen LogP contribution in [-0.2, 0) is 50.3 Å². The molecular formula is C36H42IN3O10S3. The first kappa shape index (κ1) is 42.4. The van der Waals surface area contributed by atoms with Crippen molar-refractivity contribution in [1.82, 2.24) is 5.06 Å². The average molecular weight is 900 g/mol. The summed E-state index contributed by atoms with van der Waals surface area (Å²) in [5.74, 6) is -1.62. The molecule has 3 heterocycles. The van der Waals surface area contributed by atoms with Crippen LogP contribution < -0.4 is 28.9 Å². The second kappa shape index (κ2) is 15.8. The Kier molecular flexibility index (Phi) is 12.6. The highest BCUT2D eigenvalue weighted by Gasteiger charge is 2.45. The summed E-state index contributed by atoms with van der Waals surface area (Å²) in [4.78, 5) is 43.9. The maximum atomic E-state index is 12.6. The molecule has 0 bridgehead atoms. The molecular weight excluding hydrogens is 858 g/mol. The molecule has 0 saturated carbocycles. The maximum Gasteiger partial charge on any atom is 0.334 e. The van der Waals surface area contributed by atoms with Crippen molar-refractivity contribution in [1.29, 1.82) is 0 Å². The van der Waals surface area contributed by atoms with Crippen LogP contribution in [0.25, 0.3) is 0 Å². The Bertz CT molecular complexity index is 2190. The highest BCUT2D eigenvalue weighted by atomic mass is 127. The lowest BCUT2D eigenvalue weighted by Crippen LogP contribution is -3.00. The number of carbonyl (C=O) groups is 3. The minimum atomic E-state index is -4.42. The highest BCUT2D eigenvalue weighted by molar-refractivity contribution is 8.03. The topological polar surface area (TPSA) is 179 Å². The second-order valence-corrected chi connectivity index (χ2v) is 17.5. The Morgan fingerprint density at radius 3 is 2.08 bits per heavy atom. The summed E-state index contributed by atoms with van der Waals surface area (Å²) in [5, 5.41) is 0.518. The summed E-state index contributed by atoms with van der Waals surface area (Å²) in [6.07, 6.45) is 7.51. The van der Waals surface area contributed by atoms with Crippen molar-refractivity contribution >= 4 is 66.9 Å². The minimum Gasteiger partial charge on any atom is -1.00 e. The van der Waals surface area contributed by atoms with E-state index in [0.717, 1.165) is 38.8 Å². The number of imide groups is 1. The van der Waals surface area contributed by atoms with Gasteiger partial charge in [-0.15, -0.1) is 16.8 Å². The van der Waals surface area contributed by atoms with Gasteiger partial charge in [0, 0.05) is 64.5 Å². The number of rotatable bonds is 12. The smallest absolute Gasteiger partial charge is 0.334 e. The number of likely N-dealkylation sites (N-methyl/N-ethyl adjacent to an activating group) is 1. The molecule has 0 spiro atoms. The molecule has 13 nitrogen and oxygen atoms in total. The van der Waals surface area contributed by atoms with Crippen molar-refractivity contribution in [3.05, 3.63) is 82.4 Å². The zero-order valence-corrected chi connectivity index (χ0v) is 34.7. The van der Waals surface area contributed by atoms with Crippen LogP contribution in [0.3, 0.4) is 0 Å². The van der Waals surface area contributed by atoms with E-state index in [1.54, 1.807) is 12.1 Å². The molecule has 2 N–H and O–H groups in total. The van der Waals surface area contributed by atoms with E-state index in [-0.39, 0.29) is 58.8 Å². The summed E-state index contributed by atoms with van der Waals surface area (Å²) >= 11 is 1.34. The predicted molar refractivity (Wildman–Crippen MR) is 197 cm³/mol. The average Bonchev–Trinajstić information content (AvgIpc) is 3.58. The van der Waals surface area contributed by atoms with Crippen molar-refractivity contribution in [3.63, 3.8) is 0 Å². The van der Waals surface area contributed by atoms with Crippen molar-refractivity contribution in [3.8, 4) is 0 Å². The molecule has 2 amide bonds. The molecule has 0 radical (unpaired) electrons. The molecule has 0 unspecified atom stereocenters. The van der Waals surface area contributed by atoms with Crippen LogP contribution >= 0.6 is 11.8 Å². The Hall–Kier alpha value is -3.36. The van der Waals surface area contributed by atoms with E-state index in [4.69, 9.17) is 4.84 Å². The number of allylic oxidation sites excluding steroid dienone is 5. The van der Waals surface area contributed by atoms with E-state index in [9.17, 15) is 40.3 Å². The van der Waals surface area contributed by atoms with Gasteiger partial charge in [0.15, 0.2) is 5.71 Å². The molecule has 0 atom stereocenters. The number of fused-ring (bicyclic) bond motifs is 2. The first-order chi connectivity index (χ1) is 24.2. The number of hydrogen-bond donors (Lipinski definition) is 2. The van der Waals surface area contributed by atoms with Crippen molar-refractivity contribution < 1.29 is 73.7 Å². The Morgan fingerprint density at radius 2 is 1.51 bits per heavy atom. The van der Waals surface area contributed by atoms with E-state index in [1.807, 2.05) is 65.8 Å². The van der Waals surface area contributed by atoms with Crippen LogP contribution in [0.4, 0.5) is 11.4 Å². The Labute approximate surface area is 331 Å². The fraction of sp³-hybridized carbons (Fsp3) is 0.389. The van der Waals surface area contributed by atoms with E-state index in [0.29, 0.717) is 18.2 Å². The molecule has 53 heavy (non-hydrogen) atoms. The lowest BCUT2D eigenvalue weighted by molar-refractivity contribution is -0.433. The summed E-state index contributed by atoms with van der Waals surface area (Å²) < 4.78 is 69.4. The van der Waals surface area contributed by atoms with E-state index >= 15 is 0 Å². The number of thioether (sulfide) groups is 1. The van der Waals surface area contributed by atoms with Crippen LogP contribution in [0.1, 0.15) is 71.9 Å². The number of hydrogen-bond acceptors (Lipinski definition) is 10. The zero-order valence-electron chi connectivity index (χ0n) is 30.1. The number of hydroxylamine groups is 2. The van der Waals surface area contributed by atoms with Crippen LogP contribution in [0.5, 0.6) is 0 Å². The van der Waals surface area contributed by atoms with Crippen molar-refractivity contribution in [2.75, 3.05) is 23.7 Å². The van der Waals surface area contributed by atoms with Crippen LogP contribution in [-0.4, -0.2) is 77.9 Å². The fourth-order valence-electron chi connectivity index (χ4n) is 6.84. The second-order valence-electron chi connectivity index (χ2n) is 13.5. The SMILES string of the molecule is CCN1\C(=C/C=C(/C=C/C2=[N+](CC)c3ccc(S(=O)(=O)O)cc3C2(C)C)SCCC(=O)ON2C(=O)CCC2=O)C(C)(C)c2cc(S(=O)(=O)O)ccc21.[I-]. The van der Waals surface area contributed by atoms with Gasteiger partial charge in [0.2, 0.25) is 5.69 Å². The van der Waals surface area contributed by atoms with E-state index in [2.05, 4.69) is 9.48 Å². The third-order valence-electron chi connectivity index (χ3n) is 9.54. The van der Waals surface area contributed by atoms with Gasteiger partial charge in [0.1, 0.15) is 6.54 Å². The molecule has 5 rings (SSSR count). The van der Waals surface area contributed by atoms with Crippen molar-refractivity contribution in [2.24, 2.45) is 0 Å². The van der Waals surface area contributed by atoms with Crippen LogP contribution in [0, 0.1) is 0 Å². The van der Waals surface area contributed by atoms with Gasteiger partial charge in [-0.3, -0.25) is 18.7 Å². The maximum absolute atomic E-state index is 12.6. The van der Waals surface area contributed by atoms with E-state index < -0.39 is 48.8 Å². The summed E-state index contributed by atoms with van der Waals surface area (Å²) in [6.45, 7) is 12.9. The molecule has 2 aromatic carbocycles. The molecule has 3 aliphatic rings. The number of nitrogens with zero attached hydrogens (tertiary/aromatic N) is 3. The van der Waals surface area contributed by atoms with Gasteiger partial charge in [-0.1, -0.05) is 13.8 Å². The number of benzene rings is 2. The molecule has 1 fully saturated rings. The third kappa shape index (κ3) is 8.49. The minimum absolute atomic E-state index is 0. The number of anilines is 1. The summed E-state index contributed by atoms with van der Waals surface area (Å²) in [7, 11) is -8.85. The van der Waals surface area contributed by atoms with Crippen LogP contribution in [0.15, 0.2) is 81.1 Å². The first-order valence-electron chi connectivity index (χ1n) is 16.7. The normalized spacial score (nSPS) is 18.9. The molecule has 0 aromatic heterocycles. The number of halogens is 1. The highest BCUT2D eigenvalue weighted by Crippen LogP contribution is 2.48. The standard InChI is InChI=1S/C36H41N3O10S3.HI/c1-7-37-28-13-11-24(51(43,44)45)21-26(28)35(3,4)30(37)15-9-23(50-20-19-34(42)49-39-32(40)17-18-33(39)41)10-16-31-36(5,6)27-22-25(52(46,47)48)12-14-29(27)38(31)8-2;/h9-16,21-22H,7-8,17-20H2,1-6H3,(H-,43,44,45,46,47,48);1H. The van der Waals surface area contributed by atoms with Gasteiger partial charge >= 0.3 is 5.97 Å². The number of amides is 2. The number of carbonyl (C=O) groups excluding carboxylic acids is 3. The van der Waals surface area contributed by atoms with E-state index in [1.165, 1.54) is 36.0 Å².